The molecular weight excluding hydrogens is 450 g/mol. The van der Waals surface area contributed by atoms with E-state index in [1.54, 1.807) is 24.3 Å². The number of carbonyl (C=O) groups is 1. The summed E-state index contributed by atoms with van der Waals surface area (Å²) in [5.74, 6) is -1.24. The number of nitrogens with two attached hydrogens (primary N) is 1. The molecule has 5 rings (SSSR count). The molecule has 3 aromatic rings. The van der Waals surface area contributed by atoms with Gasteiger partial charge in [0.15, 0.2) is 5.76 Å². The van der Waals surface area contributed by atoms with Crippen LogP contribution in [0.5, 0.6) is 11.5 Å². The Kier molecular flexibility index (Phi) is 5.94. The van der Waals surface area contributed by atoms with Crippen molar-refractivity contribution in [2.24, 2.45) is 11.7 Å². The lowest BCUT2D eigenvalue weighted by molar-refractivity contribution is -0.118. The van der Waals surface area contributed by atoms with Gasteiger partial charge >= 0.3 is 0 Å². The lowest BCUT2D eigenvalue weighted by atomic mass is 9.83. The van der Waals surface area contributed by atoms with Crippen molar-refractivity contribution in [2.75, 3.05) is 13.1 Å². The standard InChI is InChI=1S/C26H27N3O6/c27-23(32)10-20(16-3-1-4-18(30)8-16)26-25(34)22(31)9-19(35-26)14-28-11-15-7-17(13-28)21-5-2-6-24(33)29(21)12-15/h1-6,8-9,15,17,20,30,34H,7,10-14H2,(H2,27,32)/t15-,17+,20?/m1/s1. The zero-order valence-corrected chi connectivity index (χ0v) is 19.1. The molecule has 1 aromatic carbocycles. The average Bonchev–Trinajstić information content (AvgIpc) is 2.80. The van der Waals surface area contributed by atoms with Gasteiger partial charge in [-0.2, -0.15) is 0 Å². The molecule has 0 aliphatic carbocycles. The summed E-state index contributed by atoms with van der Waals surface area (Å²) in [6.07, 6.45) is 0.797. The normalized spacial score (nSPS) is 20.2. The fourth-order valence-corrected chi connectivity index (χ4v) is 5.52. The maximum atomic E-state index is 12.7. The van der Waals surface area contributed by atoms with Gasteiger partial charge in [0.2, 0.25) is 17.1 Å². The van der Waals surface area contributed by atoms with Crippen molar-refractivity contribution < 1.29 is 19.4 Å². The van der Waals surface area contributed by atoms with Crippen molar-refractivity contribution in [1.82, 2.24) is 9.47 Å². The van der Waals surface area contributed by atoms with Gasteiger partial charge < -0.3 is 24.9 Å². The molecule has 1 amide bonds. The number of piperidine rings is 1. The van der Waals surface area contributed by atoms with Crippen molar-refractivity contribution in [1.29, 1.82) is 0 Å². The zero-order chi connectivity index (χ0) is 24.7. The van der Waals surface area contributed by atoms with E-state index in [0.717, 1.165) is 18.7 Å². The van der Waals surface area contributed by atoms with Gasteiger partial charge in [-0.1, -0.05) is 18.2 Å². The Morgan fingerprint density at radius 1 is 1.09 bits per heavy atom. The van der Waals surface area contributed by atoms with Crippen LogP contribution in [0.2, 0.25) is 0 Å². The first-order chi connectivity index (χ1) is 16.8. The van der Waals surface area contributed by atoms with Crippen LogP contribution in [0.1, 0.15) is 47.5 Å². The number of hydrogen-bond donors (Lipinski definition) is 3. The number of aromatic nitrogens is 1. The molecule has 1 saturated heterocycles. The molecule has 0 radical (unpaired) electrons. The Labute approximate surface area is 201 Å². The maximum Gasteiger partial charge on any atom is 0.250 e. The minimum atomic E-state index is -0.827. The van der Waals surface area contributed by atoms with Crippen LogP contribution in [-0.4, -0.2) is 38.7 Å². The molecule has 2 aliphatic heterocycles. The number of carbonyl (C=O) groups excluding carboxylic acids is 1. The largest absolute Gasteiger partial charge is 0.508 e. The molecule has 9 heteroatoms. The minimum Gasteiger partial charge on any atom is -0.508 e. The fourth-order valence-electron chi connectivity index (χ4n) is 5.52. The number of benzene rings is 1. The van der Waals surface area contributed by atoms with Crippen molar-refractivity contribution >= 4 is 5.91 Å². The number of nitrogens with zero attached hydrogens (tertiary/aromatic N) is 2. The molecule has 35 heavy (non-hydrogen) atoms. The highest BCUT2D eigenvalue weighted by molar-refractivity contribution is 5.75. The summed E-state index contributed by atoms with van der Waals surface area (Å²) in [4.78, 5) is 38.9. The predicted octanol–water partition coefficient (Wildman–Crippen LogP) is 1.84. The van der Waals surface area contributed by atoms with E-state index in [2.05, 4.69) is 4.90 Å². The topological polar surface area (TPSA) is 139 Å². The second-order valence-corrected chi connectivity index (χ2v) is 9.50. The molecule has 0 saturated carbocycles. The number of primary amides is 1. The molecule has 182 valence electrons. The first kappa shape index (κ1) is 22.9. The second kappa shape index (κ2) is 9.07. The molecule has 4 N–H and O–H groups in total. The summed E-state index contributed by atoms with van der Waals surface area (Å²) in [6, 6.07) is 12.8. The van der Waals surface area contributed by atoms with Crippen LogP contribution in [0.25, 0.3) is 0 Å². The van der Waals surface area contributed by atoms with E-state index in [0.29, 0.717) is 36.9 Å². The van der Waals surface area contributed by atoms with Crippen LogP contribution in [0.15, 0.2) is 62.5 Å². The second-order valence-electron chi connectivity index (χ2n) is 9.50. The van der Waals surface area contributed by atoms with Gasteiger partial charge in [-0.15, -0.1) is 0 Å². The summed E-state index contributed by atoms with van der Waals surface area (Å²) < 4.78 is 7.88. The highest BCUT2D eigenvalue weighted by Gasteiger charge is 2.35. The van der Waals surface area contributed by atoms with Crippen LogP contribution >= 0.6 is 0 Å². The van der Waals surface area contributed by atoms with Gasteiger partial charge in [-0.3, -0.25) is 19.3 Å². The van der Waals surface area contributed by atoms with Crippen LogP contribution in [-0.2, 0) is 17.9 Å². The summed E-state index contributed by atoms with van der Waals surface area (Å²) in [5.41, 5.74) is 6.38. The van der Waals surface area contributed by atoms with E-state index >= 15 is 0 Å². The lowest BCUT2D eigenvalue weighted by Gasteiger charge is -2.42. The number of rotatable bonds is 6. The molecule has 2 aliphatic rings. The minimum absolute atomic E-state index is 0.0193. The Hall–Kier alpha value is -3.85. The predicted molar refractivity (Wildman–Crippen MR) is 127 cm³/mol. The number of phenols is 1. The van der Waals surface area contributed by atoms with Crippen LogP contribution in [0, 0.1) is 5.92 Å². The highest BCUT2D eigenvalue weighted by Crippen LogP contribution is 2.37. The van der Waals surface area contributed by atoms with E-state index in [9.17, 15) is 24.6 Å². The molecule has 9 nitrogen and oxygen atoms in total. The number of likely N-dealkylation sites (tertiary alicyclic amines) is 1. The Morgan fingerprint density at radius 3 is 2.66 bits per heavy atom. The van der Waals surface area contributed by atoms with E-state index < -0.39 is 23.0 Å². The third-order valence-electron chi connectivity index (χ3n) is 6.93. The van der Waals surface area contributed by atoms with E-state index in [1.165, 1.54) is 18.2 Å². The van der Waals surface area contributed by atoms with Crippen LogP contribution < -0.4 is 16.7 Å². The molecule has 1 fully saturated rings. The van der Waals surface area contributed by atoms with Crippen molar-refractivity contribution in [3.63, 3.8) is 0 Å². The van der Waals surface area contributed by atoms with Crippen molar-refractivity contribution in [3.05, 3.63) is 91.9 Å². The molecule has 0 spiro atoms. The van der Waals surface area contributed by atoms with Gasteiger partial charge in [-0.25, -0.2) is 0 Å². The third-order valence-corrected chi connectivity index (χ3v) is 6.93. The first-order valence-electron chi connectivity index (χ1n) is 11.6. The fraction of sp³-hybridized carbons (Fsp3) is 0.346. The highest BCUT2D eigenvalue weighted by atomic mass is 16.4. The average molecular weight is 478 g/mol. The molecule has 4 heterocycles. The third kappa shape index (κ3) is 4.59. The molecule has 1 unspecified atom stereocenters. The van der Waals surface area contributed by atoms with E-state index in [-0.39, 0.29) is 29.4 Å². The Balaban J connectivity index is 1.45. The van der Waals surface area contributed by atoms with Crippen molar-refractivity contribution in [2.45, 2.75) is 37.8 Å². The monoisotopic (exact) mass is 477 g/mol. The van der Waals surface area contributed by atoms with Gasteiger partial charge in [0.05, 0.1) is 12.5 Å². The number of aromatic hydroxyl groups is 2. The zero-order valence-electron chi connectivity index (χ0n) is 19.1. The SMILES string of the molecule is NC(=O)CC(c1cccc(O)c1)c1oc(CN2C[C@H]3C[C@@H](C2)c2cccc(=O)n2C3)cc(=O)c1O. The van der Waals surface area contributed by atoms with Gasteiger partial charge in [0.25, 0.3) is 5.56 Å². The summed E-state index contributed by atoms with van der Waals surface area (Å²) in [7, 11) is 0. The van der Waals surface area contributed by atoms with Crippen LogP contribution in [0.3, 0.4) is 0 Å². The Bertz CT molecular complexity index is 1390. The quantitative estimate of drug-likeness (QED) is 0.492. The summed E-state index contributed by atoms with van der Waals surface area (Å²) in [5, 5.41) is 20.4. The maximum absolute atomic E-state index is 12.7. The molecule has 3 atom stereocenters. The lowest BCUT2D eigenvalue weighted by Crippen LogP contribution is -2.46. The van der Waals surface area contributed by atoms with Crippen LogP contribution in [0.4, 0.5) is 0 Å². The molecule has 2 bridgehead atoms. The van der Waals surface area contributed by atoms with Gasteiger partial charge in [0.1, 0.15) is 11.5 Å². The first-order valence-corrected chi connectivity index (χ1v) is 11.6. The Morgan fingerprint density at radius 2 is 1.89 bits per heavy atom. The summed E-state index contributed by atoms with van der Waals surface area (Å²) >= 11 is 0. The van der Waals surface area contributed by atoms with E-state index in [4.69, 9.17) is 10.2 Å². The smallest absolute Gasteiger partial charge is 0.250 e. The van der Waals surface area contributed by atoms with E-state index in [1.807, 2.05) is 10.6 Å². The molecule has 2 aromatic heterocycles. The molecular formula is C26H27N3O6. The number of fused-ring (bicyclic) bond motifs is 4. The van der Waals surface area contributed by atoms with Crippen molar-refractivity contribution in [3.8, 4) is 11.5 Å². The number of pyridine rings is 1. The number of hydrogen-bond acceptors (Lipinski definition) is 7. The van der Waals surface area contributed by atoms with Gasteiger partial charge in [-0.05, 0) is 36.1 Å². The number of phenolic OH excluding ortho intramolecular Hbond substituents is 1. The summed E-state index contributed by atoms with van der Waals surface area (Å²) in [6.45, 7) is 2.45. The van der Waals surface area contributed by atoms with Gasteiger partial charge in [0, 0.05) is 49.8 Å². The number of amides is 1.